The van der Waals surface area contributed by atoms with Gasteiger partial charge in [-0.05, 0) is 35.7 Å². The van der Waals surface area contributed by atoms with Crippen LogP contribution in [-0.4, -0.2) is 25.1 Å². The van der Waals surface area contributed by atoms with Crippen molar-refractivity contribution in [2.24, 2.45) is 11.3 Å². The van der Waals surface area contributed by atoms with E-state index in [4.69, 9.17) is 9.59 Å². The van der Waals surface area contributed by atoms with E-state index in [1.54, 1.807) is 0 Å². The molecule has 0 spiro atoms. The molecule has 0 fully saturated rings. The summed E-state index contributed by atoms with van der Waals surface area (Å²) in [6.07, 6.45) is 1.19. The summed E-state index contributed by atoms with van der Waals surface area (Å²) in [5.41, 5.74) is 0.110. The summed E-state index contributed by atoms with van der Waals surface area (Å²) >= 11 is 0. The van der Waals surface area contributed by atoms with Crippen LogP contribution < -0.4 is 0 Å². The third-order valence-electron chi connectivity index (χ3n) is 1.36. The summed E-state index contributed by atoms with van der Waals surface area (Å²) < 4.78 is 0. The molecule has 25 heavy (non-hydrogen) atoms. The molecule has 0 rings (SSSR count). The van der Waals surface area contributed by atoms with Gasteiger partial charge in [0.25, 0.3) is 0 Å². The third kappa shape index (κ3) is 124. The average Bonchev–Trinajstić information content (AvgIpc) is 2.18. The van der Waals surface area contributed by atoms with Crippen molar-refractivity contribution < 1.29 is 127 Å². The van der Waals surface area contributed by atoms with Crippen LogP contribution >= 0.6 is 0 Å². The minimum absolute atomic E-state index is 0. The number of rotatable bonds is 3. The smallest absolute Gasteiger partial charge is 0 e. The Morgan fingerprint density at radius 1 is 0.880 bits per heavy atom. The maximum absolute atomic E-state index is 10.3. The fourth-order valence-corrected chi connectivity index (χ4v) is 1.05. The van der Waals surface area contributed by atoms with E-state index in [0.717, 1.165) is 0 Å². The number of hydrogen-bond acceptors (Lipinski definition) is 4. The molecule has 0 atom stereocenters. The maximum atomic E-state index is 10.3. The van der Waals surface area contributed by atoms with Gasteiger partial charge in [-0.2, -0.15) is 0 Å². The zero-order valence-corrected chi connectivity index (χ0v) is 27.2. The van der Waals surface area contributed by atoms with E-state index in [9.17, 15) is 9.59 Å². The Hall–Kier alpha value is 2.00. The fourth-order valence-electron chi connectivity index (χ4n) is 1.05. The van der Waals surface area contributed by atoms with Crippen LogP contribution in [0, 0.1) is 32.6 Å². The minimum Gasteiger partial charge on any atom is -0.545 e. The van der Waals surface area contributed by atoms with E-state index in [0.29, 0.717) is 18.8 Å². The van der Waals surface area contributed by atoms with E-state index in [2.05, 4.69) is 27.4 Å². The molecule has 0 aliphatic carbocycles. The second-order valence-corrected chi connectivity index (χ2v) is 5.41. The molecule has 4 nitrogen and oxygen atoms in total. The van der Waals surface area contributed by atoms with Crippen molar-refractivity contribution >= 4 is 25.1 Å². The van der Waals surface area contributed by atoms with Crippen molar-refractivity contribution in [3.8, 4) is 0 Å². The summed E-state index contributed by atoms with van der Waals surface area (Å²) in [6, 6.07) is 0. The second-order valence-electron chi connectivity index (χ2n) is 5.41. The Labute approximate surface area is 236 Å². The van der Waals surface area contributed by atoms with Crippen LogP contribution in [0.25, 0.3) is 0 Å². The molecule has 0 aromatic rings. The van der Waals surface area contributed by atoms with Gasteiger partial charge in [0, 0.05) is 108 Å². The zero-order valence-electron chi connectivity index (χ0n) is 15.7. The third-order valence-corrected chi connectivity index (χ3v) is 1.36. The second kappa shape index (κ2) is 45.0. The van der Waals surface area contributed by atoms with Crippen LogP contribution in [0.5, 0.6) is 0 Å². The Balaban J connectivity index is -0.0000000156. The van der Waals surface area contributed by atoms with Crippen molar-refractivity contribution in [2.45, 2.75) is 54.9 Å². The predicted octanol–water partition coefficient (Wildman–Crippen LogP) is 3.79. The van der Waals surface area contributed by atoms with E-state index < -0.39 is 0 Å². The van der Waals surface area contributed by atoms with Crippen molar-refractivity contribution in [3.63, 3.8) is 0 Å². The van der Waals surface area contributed by atoms with E-state index >= 15 is 0 Å². The van der Waals surface area contributed by atoms with Gasteiger partial charge >= 0.3 is 0 Å². The maximum Gasteiger partial charge on any atom is 0 e. The van der Waals surface area contributed by atoms with E-state index in [-0.39, 0.29) is 139 Å². The number of ketones is 2. The molecule has 8 heteroatoms. The molecule has 0 heterocycles. The number of hydrogen-bond donors (Lipinski definition) is 0. The normalized spacial score (nSPS) is 6.64. The molecule has 0 bridgehead atoms. The van der Waals surface area contributed by atoms with Crippen molar-refractivity contribution in [2.75, 3.05) is 0 Å². The van der Waals surface area contributed by atoms with Crippen LogP contribution in [0.4, 0.5) is 0 Å². The molecular formula is C17H33O4W2Y2-5. The first-order valence-electron chi connectivity index (χ1n) is 5.71. The fraction of sp³-hybridized carbons (Fsp3) is 0.588. The average molecular weight is 847 g/mol. The van der Waals surface area contributed by atoms with Gasteiger partial charge in [0.2, 0.25) is 0 Å². The number of Topliss-reactive ketones (excluding diaryl/α,β-unsaturated/α-hetero) is 2. The Bertz CT molecular complexity index is 245. The monoisotopic (exact) mass is 847 g/mol. The number of carbonyl (C=O) groups excluding carboxylic acids is 4. The van der Waals surface area contributed by atoms with Gasteiger partial charge in [-0.1, -0.05) is 42.0 Å². The molecule has 0 N–H and O–H groups in total. The Morgan fingerprint density at radius 2 is 1.12 bits per heavy atom. The summed E-state index contributed by atoms with van der Waals surface area (Å²) in [6.45, 7) is 23.1. The summed E-state index contributed by atoms with van der Waals surface area (Å²) in [7, 11) is 0. The summed E-state index contributed by atoms with van der Waals surface area (Å²) in [5.74, 6) is 0.525. The van der Waals surface area contributed by atoms with Gasteiger partial charge in [0.05, 0.1) is 0 Å². The van der Waals surface area contributed by atoms with Gasteiger partial charge in [-0.25, -0.2) is 0 Å². The first-order chi connectivity index (χ1) is 8.54. The van der Waals surface area contributed by atoms with Gasteiger partial charge in [0.15, 0.2) is 0 Å². The topological polar surface area (TPSA) is 68.3 Å². The summed E-state index contributed by atoms with van der Waals surface area (Å²) in [5, 5.41) is 0. The number of carbonyl (C=O) groups is 2. The van der Waals surface area contributed by atoms with Gasteiger partial charge in [-0.15, -0.1) is 0 Å². The van der Waals surface area contributed by atoms with Crippen LogP contribution in [0.2, 0.25) is 0 Å². The van der Waals surface area contributed by atoms with Crippen molar-refractivity contribution in [1.82, 2.24) is 0 Å². The molecule has 0 saturated carbocycles. The SMILES string of the molecule is C.[CH-]=O.[CH-]=O.[CH2-]C(=O)CC(C)(C)C.[CH2-]C(=O)CC(C)C.[CH3-].[W].[W].[Y].[Y]. The van der Waals surface area contributed by atoms with Crippen molar-refractivity contribution in [1.29, 1.82) is 0 Å². The van der Waals surface area contributed by atoms with E-state index in [1.807, 2.05) is 34.6 Å². The molecular weight excluding hydrogens is 814 g/mol. The Kier molecular flexibility index (Phi) is 114. The van der Waals surface area contributed by atoms with Crippen LogP contribution in [0.15, 0.2) is 0 Å². The first kappa shape index (κ1) is 63.2. The molecule has 0 aromatic carbocycles. The molecule has 0 unspecified atom stereocenters. The zero-order chi connectivity index (χ0) is 16.6. The van der Waals surface area contributed by atoms with Crippen LogP contribution in [-0.2, 0) is 127 Å². The predicted molar refractivity (Wildman–Crippen MR) is 90.9 cm³/mol. The quantitative estimate of drug-likeness (QED) is 0.321. The molecule has 0 aromatic heterocycles. The molecule has 0 saturated heterocycles. The molecule has 0 amide bonds. The van der Waals surface area contributed by atoms with Crippen molar-refractivity contribution in [3.05, 3.63) is 21.3 Å². The molecule has 0 aliphatic heterocycles. The standard InChI is InChI=1S/C7H13O.C6H11O.2CHO.CH4.CH3.2W.2Y/c1-6(8)5-7(2,3)4;1-5(2)4-6(3)7;2*1-2;;;;;;/h1,5H2,2-4H3;5H,3-4H2,1-2H3;2*1H;1H4;1H3;;;;/q4*-1;;-1;;;;. The van der Waals surface area contributed by atoms with Gasteiger partial charge in [0.1, 0.15) is 0 Å². The minimum atomic E-state index is 0. The Morgan fingerprint density at radius 3 is 1.12 bits per heavy atom. The van der Waals surface area contributed by atoms with E-state index in [1.165, 1.54) is 0 Å². The molecule has 0 aliphatic rings. The van der Waals surface area contributed by atoms with Crippen LogP contribution in [0.1, 0.15) is 54.9 Å². The molecule has 148 valence electrons. The van der Waals surface area contributed by atoms with Gasteiger partial charge in [-0.3, -0.25) is 13.6 Å². The first-order valence-corrected chi connectivity index (χ1v) is 5.71. The van der Waals surface area contributed by atoms with Gasteiger partial charge < -0.3 is 40.5 Å². The largest absolute Gasteiger partial charge is 0.545 e. The molecule has 2 radical (unpaired) electrons. The van der Waals surface area contributed by atoms with Crippen LogP contribution in [0.3, 0.4) is 0 Å². The summed E-state index contributed by atoms with van der Waals surface area (Å²) in [4.78, 5) is 36.0.